The number of carbonyl (C=O) groups is 1. The lowest BCUT2D eigenvalue weighted by Gasteiger charge is -2.11. The lowest BCUT2D eigenvalue weighted by molar-refractivity contribution is 0.102. The van der Waals surface area contributed by atoms with E-state index in [1.165, 1.54) is 6.08 Å². The molecule has 1 heterocycles. The Hall–Kier alpha value is -3.88. The molecule has 8 heteroatoms. The molecule has 0 spiro atoms. The van der Waals surface area contributed by atoms with Crippen molar-refractivity contribution in [2.75, 3.05) is 30.7 Å². The minimum Gasteiger partial charge on any atom is -0.346 e. The summed E-state index contributed by atoms with van der Waals surface area (Å²) in [7, 11) is 0.413. The van der Waals surface area contributed by atoms with Gasteiger partial charge < -0.3 is 14.8 Å². The van der Waals surface area contributed by atoms with Crippen molar-refractivity contribution in [1.82, 2.24) is 9.47 Å². The Morgan fingerprint density at radius 3 is 2.37 bits per heavy atom. The van der Waals surface area contributed by atoms with Crippen molar-refractivity contribution in [1.29, 1.82) is 0 Å². The number of carbonyl (C=O) groups excluding carboxylic acids is 1. The summed E-state index contributed by atoms with van der Waals surface area (Å²) in [6.45, 7) is 1.83. The van der Waals surface area contributed by atoms with Crippen LogP contribution in [-0.2, 0) is 16.6 Å². The standard InChI is InChI=1S/C27H28N4O3S/c1-30(2)17-18-31-16-14-23-20-25(12-13-26(23)31)28-27(32)22-8-10-24(11-9-22)29-35(33,34)19-15-21-6-4-3-5-7-21/h3-16,19-20,29H,17-18H2,1-2H3,(H,28,32)/b19-15+. The first-order chi connectivity index (χ1) is 16.8. The fourth-order valence-corrected chi connectivity index (χ4v) is 4.47. The third-order valence-electron chi connectivity index (χ3n) is 5.46. The van der Waals surface area contributed by atoms with Crippen molar-refractivity contribution in [3.8, 4) is 0 Å². The topological polar surface area (TPSA) is 83.4 Å². The van der Waals surface area contributed by atoms with E-state index in [2.05, 4.69) is 25.7 Å². The molecular weight excluding hydrogens is 460 g/mol. The Bertz CT molecular complexity index is 1440. The summed E-state index contributed by atoms with van der Waals surface area (Å²) in [5.74, 6) is -0.269. The van der Waals surface area contributed by atoms with E-state index in [9.17, 15) is 13.2 Å². The molecule has 0 atom stereocenters. The van der Waals surface area contributed by atoms with E-state index in [0.717, 1.165) is 35.0 Å². The van der Waals surface area contributed by atoms with Gasteiger partial charge in [-0.2, -0.15) is 0 Å². The molecule has 2 N–H and O–H groups in total. The molecule has 180 valence electrons. The number of sulfonamides is 1. The van der Waals surface area contributed by atoms with E-state index >= 15 is 0 Å². The number of nitrogens with zero attached hydrogens (tertiary/aromatic N) is 2. The van der Waals surface area contributed by atoms with Gasteiger partial charge >= 0.3 is 0 Å². The molecule has 0 bridgehead atoms. The van der Waals surface area contributed by atoms with Crippen molar-refractivity contribution in [3.05, 3.63) is 102 Å². The maximum Gasteiger partial charge on any atom is 0.255 e. The van der Waals surface area contributed by atoms with Crippen molar-refractivity contribution >= 4 is 44.3 Å². The largest absolute Gasteiger partial charge is 0.346 e. The molecule has 7 nitrogen and oxygen atoms in total. The van der Waals surface area contributed by atoms with E-state index < -0.39 is 10.0 Å². The van der Waals surface area contributed by atoms with Crippen LogP contribution in [0.15, 0.2) is 90.5 Å². The Morgan fingerprint density at radius 1 is 0.943 bits per heavy atom. The fourth-order valence-electron chi connectivity index (χ4n) is 3.60. The van der Waals surface area contributed by atoms with Crippen LogP contribution in [0.2, 0.25) is 0 Å². The van der Waals surface area contributed by atoms with Crippen molar-refractivity contribution in [2.45, 2.75) is 6.54 Å². The number of amides is 1. The Labute approximate surface area is 205 Å². The lowest BCUT2D eigenvalue weighted by Crippen LogP contribution is -2.17. The van der Waals surface area contributed by atoms with E-state index in [0.29, 0.717) is 16.9 Å². The monoisotopic (exact) mass is 488 g/mol. The molecule has 0 aliphatic rings. The van der Waals surface area contributed by atoms with Crippen LogP contribution in [0.25, 0.3) is 17.0 Å². The highest BCUT2D eigenvalue weighted by Crippen LogP contribution is 2.22. The quantitative estimate of drug-likeness (QED) is 0.352. The molecule has 0 saturated heterocycles. The molecule has 0 fully saturated rings. The van der Waals surface area contributed by atoms with E-state index in [1.54, 1.807) is 24.3 Å². The SMILES string of the molecule is CN(C)CCn1ccc2cc(NC(=O)c3ccc(NS(=O)(=O)/C=C/c4ccccc4)cc3)ccc21. The van der Waals surface area contributed by atoms with Crippen LogP contribution in [0.3, 0.4) is 0 Å². The summed E-state index contributed by atoms with van der Waals surface area (Å²) >= 11 is 0. The van der Waals surface area contributed by atoms with Crippen LogP contribution < -0.4 is 10.0 Å². The summed E-state index contributed by atoms with van der Waals surface area (Å²) in [4.78, 5) is 14.9. The van der Waals surface area contributed by atoms with Gasteiger partial charge in [-0.05, 0) is 74.3 Å². The summed E-state index contributed by atoms with van der Waals surface area (Å²) in [6, 6.07) is 23.3. The smallest absolute Gasteiger partial charge is 0.255 e. The second-order valence-corrected chi connectivity index (χ2v) is 10.0. The van der Waals surface area contributed by atoms with Crippen LogP contribution >= 0.6 is 0 Å². The van der Waals surface area contributed by atoms with Gasteiger partial charge in [0.25, 0.3) is 15.9 Å². The van der Waals surface area contributed by atoms with E-state index in [1.807, 2.05) is 68.7 Å². The third kappa shape index (κ3) is 6.59. The molecule has 35 heavy (non-hydrogen) atoms. The molecule has 0 aliphatic heterocycles. The Kier molecular flexibility index (Phi) is 7.33. The predicted molar refractivity (Wildman–Crippen MR) is 143 cm³/mol. The maximum absolute atomic E-state index is 12.7. The number of rotatable bonds is 9. The second kappa shape index (κ2) is 10.6. The van der Waals surface area contributed by atoms with Crippen LogP contribution in [-0.4, -0.2) is 44.4 Å². The third-order valence-corrected chi connectivity index (χ3v) is 6.48. The number of fused-ring (bicyclic) bond motifs is 1. The molecule has 4 aromatic rings. The molecule has 0 unspecified atom stereocenters. The first kappa shape index (κ1) is 24.3. The Balaban J connectivity index is 1.39. The van der Waals surface area contributed by atoms with Crippen LogP contribution in [0.5, 0.6) is 0 Å². The summed E-state index contributed by atoms with van der Waals surface area (Å²) in [5.41, 5.74) is 3.40. The normalized spacial score (nSPS) is 11.9. The number of nitrogens with one attached hydrogen (secondary N) is 2. The summed E-state index contributed by atoms with van der Waals surface area (Å²) in [6.07, 6.45) is 3.58. The van der Waals surface area contributed by atoms with Crippen molar-refractivity contribution in [2.24, 2.45) is 0 Å². The van der Waals surface area contributed by atoms with Gasteiger partial charge in [-0.3, -0.25) is 9.52 Å². The zero-order valence-corrected chi connectivity index (χ0v) is 20.5. The van der Waals surface area contributed by atoms with Gasteiger partial charge in [0.2, 0.25) is 0 Å². The molecule has 1 amide bonds. The summed E-state index contributed by atoms with van der Waals surface area (Å²) < 4.78 is 29.4. The van der Waals surface area contributed by atoms with Gasteiger partial charge in [0.1, 0.15) is 0 Å². The molecule has 0 aliphatic carbocycles. The van der Waals surface area contributed by atoms with Crippen LogP contribution in [0.1, 0.15) is 15.9 Å². The van der Waals surface area contributed by atoms with Crippen LogP contribution in [0, 0.1) is 0 Å². The minimum absolute atomic E-state index is 0.269. The highest BCUT2D eigenvalue weighted by atomic mass is 32.2. The number of likely N-dealkylation sites (N-methyl/N-ethyl adjacent to an activating group) is 1. The van der Waals surface area contributed by atoms with E-state index in [-0.39, 0.29) is 5.91 Å². The zero-order chi connectivity index (χ0) is 24.8. The predicted octanol–water partition coefficient (Wildman–Crippen LogP) is 4.87. The first-order valence-corrected chi connectivity index (χ1v) is 12.7. The average molecular weight is 489 g/mol. The van der Waals surface area contributed by atoms with E-state index in [4.69, 9.17) is 0 Å². The van der Waals surface area contributed by atoms with Gasteiger partial charge in [0, 0.05) is 47.1 Å². The average Bonchev–Trinajstić information content (AvgIpc) is 3.24. The molecule has 4 rings (SSSR count). The van der Waals surface area contributed by atoms with Crippen molar-refractivity contribution in [3.63, 3.8) is 0 Å². The maximum atomic E-state index is 12.7. The van der Waals surface area contributed by atoms with Gasteiger partial charge in [0.05, 0.1) is 5.41 Å². The number of benzene rings is 3. The molecule has 0 radical (unpaired) electrons. The van der Waals surface area contributed by atoms with Crippen LogP contribution in [0.4, 0.5) is 11.4 Å². The molecule has 1 aromatic heterocycles. The molecule has 0 saturated carbocycles. The molecule has 3 aromatic carbocycles. The van der Waals surface area contributed by atoms with Gasteiger partial charge in [0.15, 0.2) is 0 Å². The molecular formula is C27H28N4O3S. The highest BCUT2D eigenvalue weighted by molar-refractivity contribution is 7.95. The zero-order valence-electron chi connectivity index (χ0n) is 19.7. The van der Waals surface area contributed by atoms with Gasteiger partial charge in [-0.15, -0.1) is 0 Å². The first-order valence-electron chi connectivity index (χ1n) is 11.2. The number of aromatic nitrogens is 1. The fraction of sp³-hybridized carbons (Fsp3) is 0.148. The van der Waals surface area contributed by atoms with Gasteiger partial charge in [-0.25, -0.2) is 8.42 Å². The number of hydrogen-bond acceptors (Lipinski definition) is 4. The number of anilines is 2. The number of hydrogen-bond donors (Lipinski definition) is 2. The highest BCUT2D eigenvalue weighted by Gasteiger charge is 2.10. The lowest BCUT2D eigenvalue weighted by atomic mass is 10.2. The van der Waals surface area contributed by atoms with Crippen molar-refractivity contribution < 1.29 is 13.2 Å². The second-order valence-electron chi connectivity index (χ2n) is 8.48. The minimum atomic E-state index is -3.68. The summed E-state index contributed by atoms with van der Waals surface area (Å²) in [5, 5.41) is 5.08. The van der Waals surface area contributed by atoms with Gasteiger partial charge in [-0.1, -0.05) is 30.3 Å². The Morgan fingerprint density at radius 2 is 1.66 bits per heavy atom.